The van der Waals surface area contributed by atoms with E-state index in [0.29, 0.717) is 6.42 Å². The van der Waals surface area contributed by atoms with E-state index in [2.05, 4.69) is 0 Å². The van der Waals surface area contributed by atoms with E-state index < -0.39 is 11.9 Å². The minimum atomic E-state index is -0.940. The van der Waals surface area contributed by atoms with E-state index in [1.807, 2.05) is 0 Å². The van der Waals surface area contributed by atoms with Gasteiger partial charge in [0.1, 0.15) is 0 Å². The van der Waals surface area contributed by atoms with Crippen LogP contribution in [-0.4, -0.2) is 17.4 Å². The monoisotopic (exact) mass is 129 g/mol. The van der Waals surface area contributed by atoms with Crippen molar-refractivity contribution >= 4 is 12.3 Å². The Labute approximate surface area is 53.7 Å². The molecule has 1 radical (unpaired) electrons. The molecule has 0 fully saturated rings. The maximum absolute atomic E-state index is 9.95. The van der Waals surface area contributed by atoms with Crippen molar-refractivity contribution in [2.45, 2.75) is 19.8 Å². The van der Waals surface area contributed by atoms with Crippen LogP contribution in [0.15, 0.2) is 0 Å². The fourth-order valence-electron chi connectivity index (χ4n) is 0.480. The molecule has 1 unspecified atom stereocenters. The number of hydrogen-bond donors (Lipinski definition) is 1. The fraction of sp³-hybridized carbons (Fsp3) is 0.667. The van der Waals surface area contributed by atoms with E-state index in [1.54, 1.807) is 13.2 Å². The molecule has 0 saturated heterocycles. The molecule has 0 aromatic heterocycles. The van der Waals surface area contributed by atoms with Crippen LogP contribution >= 0.6 is 0 Å². The van der Waals surface area contributed by atoms with Gasteiger partial charge in [0.25, 0.3) is 0 Å². The second-order valence-electron chi connectivity index (χ2n) is 1.82. The second-order valence-corrected chi connectivity index (χ2v) is 1.82. The predicted molar refractivity (Wildman–Crippen MR) is 31.7 cm³/mol. The highest BCUT2D eigenvalue weighted by molar-refractivity contribution is 5.71. The average molecular weight is 129 g/mol. The molecule has 0 heterocycles. The Morgan fingerprint density at radius 1 is 1.78 bits per heavy atom. The first kappa shape index (κ1) is 8.14. The van der Waals surface area contributed by atoms with Crippen LogP contribution in [0.5, 0.6) is 0 Å². The van der Waals surface area contributed by atoms with Crippen LogP contribution in [0.3, 0.4) is 0 Å². The van der Waals surface area contributed by atoms with Gasteiger partial charge in [0.05, 0.1) is 6.42 Å². The van der Waals surface area contributed by atoms with E-state index in [1.165, 1.54) is 0 Å². The van der Waals surface area contributed by atoms with Gasteiger partial charge >= 0.3 is 5.97 Å². The molecule has 0 saturated carbocycles. The summed E-state index contributed by atoms with van der Waals surface area (Å²) in [5.41, 5.74) is 0. The van der Waals surface area contributed by atoms with E-state index in [9.17, 15) is 9.59 Å². The third kappa shape index (κ3) is 3.70. The number of carboxylic acid groups (broad SMARTS) is 1. The molecule has 3 heteroatoms. The van der Waals surface area contributed by atoms with Crippen LogP contribution < -0.4 is 0 Å². The molecule has 0 aliphatic rings. The van der Waals surface area contributed by atoms with Gasteiger partial charge in [-0.05, 0) is 6.42 Å². The standard InChI is InChI=1S/C6H9O3/c1-2-5(4-7)3-6(8)9/h5H,2-3H2,1H3,(H,8,9). The topological polar surface area (TPSA) is 54.4 Å². The van der Waals surface area contributed by atoms with Crippen LogP contribution in [-0.2, 0) is 9.59 Å². The molecule has 51 valence electrons. The summed E-state index contributed by atoms with van der Waals surface area (Å²) >= 11 is 0. The Morgan fingerprint density at radius 3 is 2.44 bits per heavy atom. The Bertz CT molecular complexity index is 109. The number of rotatable bonds is 4. The van der Waals surface area contributed by atoms with E-state index in [4.69, 9.17) is 5.11 Å². The highest BCUT2D eigenvalue weighted by Crippen LogP contribution is 2.02. The first-order valence-corrected chi connectivity index (χ1v) is 2.80. The van der Waals surface area contributed by atoms with Crippen molar-refractivity contribution < 1.29 is 14.7 Å². The Balaban J connectivity index is 3.55. The molecular formula is C6H9O3. The zero-order chi connectivity index (χ0) is 7.28. The van der Waals surface area contributed by atoms with Crippen molar-refractivity contribution in [3.8, 4) is 0 Å². The average Bonchev–Trinajstić information content (AvgIpc) is 1.82. The molecule has 0 aromatic rings. The zero-order valence-electron chi connectivity index (χ0n) is 5.26. The SMILES string of the molecule is CCC([C]=O)CC(=O)O. The molecule has 0 aromatic carbocycles. The molecule has 9 heavy (non-hydrogen) atoms. The lowest BCUT2D eigenvalue weighted by Gasteiger charge is -1.98. The summed E-state index contributed by atoms with van der Waals surface area (Å²) in [6.07, 6.45) is 2.11. The lowest BCUT2D eigenvalue weighted by atomic mass is 10.1. The van der Waals surface area contributed by atoms with Gasteiger partial charge in [-0.25, -0.2) is 0 Å². The molecular weight excluding hydrogens is 120 g/mol. The van der Waals surface area contributed by atoms with Gasteiger partial charge in [-0.1, -0.05) is 6.92 Å². The fourth-order valence-corrected chi connectivity index (χ4v) is 0.480. The molecule has 3 nitrogen and oxygen atoms in total. The lowest BCUT2D eigenvalue weighted by molar-refractivity contribution is -0.137. The first-order valence-electron chi connectivity index (χ1n) is 2.80. The molecule has 0 amide bonds. The van der Waals surface area contributed by atoms with Crippen molar-refractivity contribution in [3.05, 3.63) is 0 Å². The van der Waals surface area contributed by atoms with E-state index >= 15 is 0 Å². The number of hydrogen-bond acceptors (Lipinski definition) is 2. The summed E-state index contributed by atoms with van der Waals surface area (Å²) in [5.74, 6) is -1.37. The summed E-state index contributed by atoms with van der Waals surface area (Å²) in [5, 5.41) is 8.17. The summed E-state index contributed by atoms with van der Waals surface area (Å²) in [7, 11) is 0. The van der Waals surface area contributed by atoms with Gasteiger partial charge in [0.2, 0.25) is 6.29 Å². The smallest absolute Gasteiger partial charge is 0.304 e. The van der Waals surface area contributed by atoms with Crippen molar-refractivity contribution in [3.63, 3.8) is 0 Å². The molecule has 0 aliphatic carbocycles. The molecule has 0 spiro atoms. The number of carbonyl (C=O) groups is 1. The van der Waals surface area contributed by atoms with Crippen molar-refractivity contribution in [1.82, 2.24) is 0 Å². The van der Waals surface area contributed by atoms with Crippen molar-refractivity contribution in [2.75, 3.05) is 0 Å². The lowest BCUT2D eigenvalue weighted by Crippen LogP contribution is -2.07. The second kappa shape index (κ2) is 4.06. The minimum absolute atomic E-state index is 0.0972. The van der Waals surface area contributed by atoms with Gasteiger partial charge in [-0.3, -0.25) is 9.59 Å². The van der Waals surface area contributed by atoms with Crippen LogP contribution in [0.2, 0.25) is 0 Å². The molecule has 0 bridgehead atoms. The predicted octanol–water partition coefficient (Wildman–Crippen LogP) is 0.597. The third-order valence-electron chi connectivity index (χ3n) is 1.08. The van der Waals surface area contributed by atoms with E-state index in [0.717, 1.165) is 0 Å². The Morgan fingerprint density at radius 2 is 2.33 bits per heavy atom. The molecule has 0 aliphatic heterocycles. The van der Waals surface area contributed by atoms with Crippen LogP contribution in [0, 0.1) is 5.92 Å². The summed E-state index contributed by atoms with van der Waals surface area (Å²) in [6, 6.07) is 0. The van der Waals surface area contributed by atoms with Gasteiger partial charge < -0.3 is 5.11 Å². The van der Waals surface area contributed by atoms with Gasteiger partial charge in [-0.15, -0.1) is 0 Å². The highest BCUT2D eigenvalue weighted by Gasteiger charge is 2.09. The van der Waals surface area contributed by atoms with Crippen LogP contribution in [0.4, 0.5) is 0 Å². The zero-order valence-corrected chi connectivity index (χ0v) is 5.26. The molecule has 0 rings (SSSR count). The summed E-state index contributed by atoms with van der Waals surface area (Å²) in [6.45, 7) is 1.76. The van der Waals surface area contributed by atoms with Crippen molar-refractivity contribution in [2.24, 2.45) is 5.92 Å². The largest absolute Gasteiger partial charge is 0.481 e. The third-order valence-corrected chi connectivity index (χ3v) is 1.08. The minimum Gasteiger partial charge on any atom is -0.481 e. The van der Waals surface area contributed by atoms with E-state index in [-0.39, 0.29) is 6.42 Å². The molecule has 1 atom stereocenters. The van der Waals surface area contributed by atoms with Crippen molar-refractivity contribution in [1.29, 1.82) is 0 Å². The van der Waals surface area contributed by atoms with Gasteiger partial charge in [0, 0.05) is 5.92 Å². The molecule has 1 N–H and O–H groups in total. The normalized spacial score (nSPS) is 12.6. The number of carbonyl (C=O) groups excluding carboxylic acids is 1. The maximum Gasteiger partial charge on any atom is 0.304 e. The maximum atomic E-state index is 9.95. The highest BCUT2D eigenvalue weighted by atomic mass is 16.4. The number of aliphatic carboxylic acids is 1. The van der Waals surface area contributed by atoms with Gasteiger partial charge in [-0.2, -0.15) is 0 Å². The van der Waals surface area contributed by atoms with Crippen LogP contribution in [0.25, 0.3) is 0 Å². The summed E-state index contributed by atoms with van der Waals surface area (Å²) < 4.78 is 0. The summed E-state index contributed by atoms with van der Waals surface area (Å²) in [4.78, 5) is 19.8. The van der Waals surface area contributed by atoms with Crippen LogP contribution in [0.1, 0.15) is 19.8 Å². The number of carboxylic acids is 1. The quantitative estimate of drug-likeness (QED) is 0.604. The Hall–Kier alpha value is -0.860. The first-order chi connectivity index (χ1) is 4.20. The van der Waals surface area contributed by atoms with Gasteiger partial charge in [0.15, 0.2) is 0 Å². The Kier molecular flexibility index (Phi) is 3.67.